The second-order valence-corrected chi connectivity index (χ2v) is 6.77. The van der Waals surface area contributed by atoms with Crippen LogP contribution in [0.4, 0.5) is 11.6 Å². The average Bonchev–Trinajstić information content (AvgIpc) is 3.19. The van der Waals surface area contributed by atoms with E-state index >= 15 is 0 Å². The Bertz CT molecular complexity index is 1310. The Morgan fingerprint density at radius 1 is 1.19 bits per heavy atom. The van der Waals surface area contributed by atoms with Crippen molar-refractivity contribution in [1.82, 2.24) is 19.4 Å². The first kappa shape index (κ1) is 19.8. The van der Waals surface area contributed by atoms with Crippen molar-refractivity contribution in [2.24, 2.45) is 0 Å². The molecule has 154 valence electrons. The van der Waals surface area contributed by atoms with Crippen molar-refractivity contribution in [2.45, 2.75) is 13.0 Å². The summed E-state index contributed by atoms with van der Waals surface area (Å²) in [6.07, 6.45) is 1.29. The van der Waals surface area contributed by atoms with E-state index in [0.29, 0.717) is 22.9 Å². The lowest BCUT2D eigenvalue weighted by Crippen LogP contribution is -2.13. The molecule has 0 spiro atoms. The van der Waals surface area contributed by atoms with Crippen LogP contribution in [-0.4, -0.2) is 32.4 Å². The number of hydrogen-bond donors (Lipinski definition) is 2. The lowest BCUT2D eigenvalue weighted by molar-refractivity contribution is 0.0592. The van der Waals surface area contributed by atoms with Gasteiger partial charge < -0.3 is 15.8 Å². The molecule has 0 aliphatic rings. The Labute approximate surface area is 178 Å². The van der Waals surface area contributed by atoms with Crippen molar-refractivity contribution < 1.29 is 9.53 Å². The Morgan fingerprint density at radius 3 is 2.68 bits per heavy atom. The number of carbonyl (C=O) groups excluding carboxylic acids is 1. The molecule has 0 unspecified atom stereocenters. The number of fused-ring (bicyclic) bond motifs is 1. The van der Waals surface area contributed by atoms with E-state index < -0.39 is 5.97 Å². The first-order valence-electron chi connectivity index (χ1n) is 9.47. The first-order valence-corrected chi connectivity index (χ1v) is 9.47. The van der Waals surface area contributed by atoms with Crippen LogP contribution in [0.5, 0.6) is 0 Å². The number of anilines is 2. The van der Waals surface area contributed by atoms with Crippen LogP contribution in [0, 0.1) is 11.3 Å². The summed E-state index contributed by atoms with van der Waals surface area (Å²) in [5.74, 6) is -0.0621. The first-order chi connectivity index (χ1) is 15.0. The fourth-order valence-electron chi connectivity index (χ4n) is 3.44. The Morgan fingerprint density at radius 2 is 1.97 bits per heavy atom. The number of nitrogens with two attached hydrogens (primary N) is 1. The van der Waals surface area contributed by atoms with E-state index in [4.69, 9.17) is 15.5 Å². The number of benzene rings is 1. The number of rotatable bonds is 5. The van der Waals surface area contributed by atoms with Crippen LogP contribution >= 0.6 is 0 Å². The van der Waals surface area contributed by atoms with E-state index in [1.807, 2.05) is 49.4 Å². The van der Waals surface area contributed by atoms with Gasteiger partial charge in [0.25, 0.3) is 0 Å². The molecule has 4 aromatic rings. The Balaban J connectivity index is 1.91. The smallest absolute Gasteiger partial charge is 0.355 e. The standard InChI is InChI=1S/C22H19N7O2/c1-13(27-21-15(11-23)20(24)25-12-26-21)18-19(14-7-4-3-5-8-14)29-16(22(30)31-2)9-6-10-17(29)28-18/h3-10,12-13H,1-2H3,(H3,24,25,26,27)/t13-/m0/s1. The fraction of sp³-hybridized carbons (Fsp3) is 0.136. The van der Waals surface area contributed by atoms with Gasteiger partial charge in [0.05, 0.1) is 24.5 Å². The molecule has 0 aliphatic heterocycles. The van der Waals surface area contributed by atoms with Gasteiger partial charge in [-0.05, 0) is 19.1 Å². The van der Waals surface area contributed by atoms with Gasteiger partial charge in [-0.3, -0.25) is 4.40 Å². The van der Waals surface area contributed by atoms with E-state index in [2.05, 4.69) is 15.3 Å². The van der Waals surface area contributed by atoms with Crippen LogP contribution in [0.2, 0.25) is 0 Å². The minimum absolute atomic E-state index is 0.0958. The van der Waals surface area contributed by atoms with Crippen molar-refractivity contribution >= 4 is 23.3 Å². The van der Waals surface area contributed by atoms with Gasteiger partial charge in [-0.2, -0.15) is 5.26 Å². The molecule has 9 nitrogen and oxygen atoms in total. The van der Waals surface area contributed by atoms with Gasteiger partial charge in [-0.25, -0.2) is 19.7 Å². The third kappa shape index (κ3) is 3.51. The maximum absolute atomic E-state index is 12.4. The molecule has 1 atom stereocenters. The van der Waals surface area contributed by atoms with Gasteiger partial charge in [0, 0.05) is 5.56 Å². The molecule has 0 bridgehead atoms. The largest absolute Gasteiger partial charge is 0.464 e. The fourth-order valence-corrected chi connectivity index (χ4v) is 3.44. The average molecular weight is 413 g/mol. The molecule has 1 aromatic carbocycles. The zero-order chi connectivity index (χ0) is 22.0. The summed E-state index contributed by atoms with van der Waals surface area (Å²) in [5, 5.41) is 12.6. The predicted octanol–water partition coefficient (Wildman–Crippen LogP) is 3.20. The number of nitriles is 1. The summed E-state index contributed by atoms with van der Waals surface area (Å²) in [5.41, 5.74) is 9.20. The minimum atomic E-state index is -0.470. The summed E-state index contributed by atoms with van der Waals surface area (Å²) in [6, 6.07) is 16.5. The number of nitrogens with one attached hydrogen (secondary N) is 1. The number of imidazole rings is 1. The molecule has 3 N–H and O–H groups in total. The second-order valence-electron chi connectivity index (χ2n) is 6.77. The van der Waals surface area contributed by atoms with Crippen molar-refractivity contribution in [3.63, 3.8) is 0 Å². The van der Waals surface area contributed by atoms with Crippen LogP contribution in [0.25, 0.3) is 16.9 Å². The van der Waals surface area contributed by atoms with Crippen LogP contribution < -0.4 is 11.1 Å². The molecule has 3 heterocycles. The van der Waals surface area contributed by atoms with Crippen molar-refractivity contribution in [3.8, 4) is 17.3 Å². The summed E-state index contributed by atoms with van der Waals surface area (Å²) >= 11 is 0. The van der Waals surface area contributed by atoms with Crippen molar-refractivity contribution in [1.29, 1.82) is 5.26 Å². The topological polar surface area (TPSA) is 131 Å². The van der Waals surface area contributed by atoms with Crippen molar-refractivity contribution in [2.75, 3.05) is 18.2 Å². The lowest BCUT2D eigenvalue weighted by Gasteiger charge is -2.16. The number of nitrogens with zero attached hydrogens (tertiary/aromatic N) is 5. The van der Waals surface area contributed by atoms with Crippen molar-refractivity contribution in [3.05, 3.63) is 71.8 Å². The van der Waals surface area contributed by atoms with E-state index in [9.17, 15) is 10.1 Å². The quantitative estimate of drug-likeness (QED) is 0.477. The van der Waals surface area contributed by atoms with Crippen LogP contribution in [0.3, 0.4) is 0 Å². The van der Waals surface area contributed by atoms with Gasteiger partial charge >= 0.3 is 5.97 Å². The van der Waals surface area contributed by atoms with E-state index in [-0.39, 0.29) is 17.4 Å². The molecular formula is C22H19N7O2. The van der Waals surface area contributed by atoms with Gasteiger partial charge in [-0.1, -0.05) is 36.4 Å². The van der Waals surface area contributed by atoms with Crippen LogP contribution in [0.1, 0.15) is 34.7 Å². The molecule has 0 fully saturated rings. The Kier molecular flexibility index (Phi) is 5.20. The highest BCUT2D eigenvalue weighted by molar-refractivity contribution is 5.89. The number of hydrogen-bond acceptors (Lipinski definition) is 8. The molecule has 4 rings (SSSR count). The number of esters is 1. The van der Waals surface area contributed by atoms with Gasteiger partial charge in [0.2, 0.25) is 0 Å². The molecule has 9 heteroatoms. The maximum atomic E-state index is 12.4. The molecule has 0 saturated heterocycles. The van der Waals surface area contributed by atoms with E-state index in [0.717, 1.165) is 11.3 Å². The molecule has 0 aliphatic carbocycles. The minimum Gasteiger partial charge on any atom is -0.464 e. The number of ether oxygens (including phenoxy) is 1. The molecule has 0 saturated carbocycles. The number of nitrogen functional groups attached to an aromatic ring is 1. The summed E-state index contributed by atoms with van der Waals surface area (Å²) in [6.45, 7) is 1.89. The lowest BCUT2D eigenvalue weighted by atomic mass is 10.1. The van der Waals surface area contributed by atoms with Crippen LogP contribution in [0.15, 0.2) is 54.9 Å². The third-order valence-corrected chi connectivity index (χ3v) is 4.86. The van der Waals surface area contributed by atoms with Gasteiger partial charge in [0.1, 0.15) is 40.9 Å². The van der Waals surface area contributed by atoms with Crippen LogP contribution in [-0.2, 0) is 4.74 Å². The Hall–Kier alpha value is -4.45. The highest BCUT2D eigenvalue weighted by Gasteiger charge is 2.24. The molecule has 3 aromatic heterocycles. The zero-order valence-corrected chi connectivity index (χ0v) is 16.9. The highest BCUT2D eigenvalue weighted by Crippen LogP contribution is 2.32. The van der Waals surface area contributed by atoms with Gasteiger partial charge in [-0.15, -0.1) is 0 Å². The number of pyridine rings is 1. The third-order valence-electron chi connectivity index (χ3n) is 4.86. The number of carbonyl (C=O) groups is 1. The SMILES string of the molecule is COC(=O)c1cccc2nc([C@H](C)Nc3ncnc(N)c3C#N)c(-c3ccccc3)n12. The molecular weight excluding hydrogens is 394 g/mol. The summed E-state index contributed by atoms with van der Waals surface area (Å²) in [7, 11) is 1.34. The zero-order valence-electron chi connectivity index (χ0n) is 16.9. The molecule has 31 heavy (non-hydrogen) atoms. The number of aromatic nitrogens is 4. The molecule has 0 radical (unpaired) electrons. The van der Waals surface area contributed by atoms with E-state index in [1.54, 1.807) is 16.5 Å². The monoisotopic (exact) mass is 413 g/mol. The van der Waals surface area contributed by atoms with E-state index in [1.165, 1.54) is 13.4 Å². The normalized spacial score (nSPS) is 11.6. The summed E-state index contributed by atoms with van der Waals surface area (Å²) in [4.78, 5) is 25.2. The highest BCUT2D eigenvalue weighted by atomic mass is 16.5. The van der Waals surface area contributed by atoms with Gasteiger partial charge in [0.15, 0.2) is 0 Å². The second kappa shape index (κ2) is 8.12. The predicted molar refractivity (Wildman–Crippen MR) is 115 cm³/mol. The maximum Gasteiger partial charge on any atom is 0.355 e. The molecule has 0 amide bonds. The summed E-state index contributed by atoms with van der Waals surface area (Å²) < 4.78 is 6.75. The number of methoxy groups -OCH3 is 1.